The van der Waals surface area contributed by atoms with Crippen LogP contribution in [-0.2, 0) is 4.79 Å². The molecule has 9 nitrogen and oxygen atoms in total. The van der Waals surface area contributed by atoms with E-state index in [1.807, 2.05) is 44.2 Å². The average Bonchev–Trinajstić information content (AvgIpc) is 3.10. The Bertz CT molecular complexity index is 1090. The van der Waals surface area contributed by atoms with Gasteiger partial charge >= 0.3 is 0 Å². The molecular formula is C21H28N6O3. The Morgan fingerprint density at radius 1 is 1.10 bits per heavy atom. The molecule has 9 heteroatoms. The van der Waals surface area contributed by atoms with Crippen molar-refractivity contribution < 1.29 is 14.3 Å². The Labute approximate surface area is 175 Å². The van der Waals surface area contributed by atoms with Gasteiger partial charge in [0.2, 0.25) is 11.6 Å². The van der Waals surface area contributed by atoms with E-state index in [4.69, 9.17) is 14.5 Å². The molecular weight excluding hydrogens is 384 g/mol. The summed E-state index contributed by atoms with van der Waals surface area (Å²) in [4.78, 5) is 16.7. The normalized spacial score (nSPS) is 13.6. The van der Waals surface area contributed by atoms with E-state index in [2.05, 4.69) is 20.8 Å². The summed E-state index contributed by atoms with van der Waals surface area (Å²) in [5.74, 6) is 2.94. The van der Waals surface area contributed by atoms with E-state index in [0.29, 0.717) is 42.7 Å². The monoisotopic (exact) mass is 412 g/mol. The lowest BCUT2D eigenvalue weighted by atomic mass is 9.96. The van der Waals surface area contributed by atoms with Crippen molar-refractivity contribution in [3.63, 3.8) is 0 Å². The van der Waals surface area contributed by atoms with E-state index < -0.39 is 0 Å². The number of benzene rings is 1. The largest absolute Gasteiger partial charge is 0.486 e. The molecule has 2 N–H and O–H groups in total. The first-order valence-electron chi connectivity index (χ1n) is 10.3. The molecule has 1 amide bonds. The topological polar surface area (TPSA) is 103 Å². The lowest BCUT2D eigenvalue weighted by Gasteiger charge is -2.19. The molecule has 2 aromatic heterocycles. The van der Waals surface area contributed by atoms with Gasteiger partial charge in [0.15, 0.2) is 17.3 Å². The Morgan fingerprint density at radius 2 is 1.80 bits per heavy atom. The highest BCUT2D eigenvalue weighted by atomic mass is 16.6. The van der Waals surface area contributed by atoms with E-state index in [9.17, 15) is 4.79 Å². The van der Waals surface area contributed by atoms with Crippen molar-refractivity contribution in [2.24, 2.45) is 5.41 Å². The van der Waals surface area contributed by atoms with Gasteiger partial charge < -0.3 is 20.1 Å². The van der Waals surface area contributed by atoms with E-state index in [1.165, 1.54) is 0 Å². The molecule has 4 rings (SSSR count). The minimum Gasteiger partial charge on any atom is -0.486 e. The number of nitrogens with zero attached hydrogens (tertiary/aromatic N) is 4. The fourth-order valence-electron chi connectivity index (χ4n) is 3.35. The zero-order valence-corrected chi connectivity index (χ0v) is 17.9. The molecule has 30 heavy (non-hydrogen) atoms. The second kappa shape index (κ2) is 7.97. The third-order valence-electron chi connectivity index (χ3n) is 5.01. The van der Waals surface area contributed by atoms with E-state index in [0.717, 1.165) is 36.2 Å². The van der Waals surface area contributed by atoms with Gasteiger partial charge in [-0.15, -0.1) is 10.2 Å². The Hall–Kier alpha value is -3.10. The fourth-order valence-corrected chi connectivity index (χ4v) is 3.35. The summed E-state index contributed by atoms with van der Waals surface area (Å²) in [5, 5.41) is 14.9. The van der Waals surface area contributed by atoms with Crippen LogP contribution in [0.1, 0.15) is 39.4 Å². The number of hydrogen-bond donors (Lipinski definition) is 2. The number of aryl methyl sites for hydroxylation is 1. The molecule has 1 aromatic carbocycles. The zero-order valence-electron chi connectivity index (χ0n) is 17.9. The summed E-state index contributed by atoms with van der Waals surface area (Å²) < 4.78 is 13.4. The van der Waals surface area contributed by atoms with Crippen LogP contribution in [0.5, 0.6) is 11.5 Å². The first kappa shape index (κ1) is 20.2. The van der Waals surface area contributed by atoms with Crippen LogP contribution in [0, 0.1) is 12.3 Å². The second-order valence-corrected chi connectivity index (χ2v) is 8.49. The number of amides is 1. The van der Waals surface area contributed by atoms with Crippen LogP contribution in [-0.4, -0.2) is 51.8 Å². The number of nitrogens with one attached hydrogen (secondary N) is 2. The lowest BCUT2D eigenvalue weighted by molar-refractivity contribution is -0.128. The first-order valence-corrected chi connectivity index (χ1v) is 10.3. The molecule has 0 spiro atoms. The van der Waals surface area contributed by atoms with Crippen LogP contribution in [0.3, 0.4) is 0 Å². The van der Waals surface area contributed by atoms with Gasteiger partial charge in [0, 0.05) is 30.6 Å². The second-order valence-electron chi connectivity index (χ2n) is 8.49. The predicted octanol–water partition coefficient (Wildman–Crippen LogP) is 2.71. The first-order chi connectivity index (χ1) is 14.3. The van der Waals surface area contributed by atoms with Crippen molar-refractivity contribution in [1.29, 1.82) is 0 Å². The Kier molecular flexibility index (Phi) is 5.36. The van der Waals surface area contributed by atoms with E-state index in [-0.39, 0.29) is 11.3 Å². The van der Waals surface area contributed by atoms with Gasteiger partial charge in [-0.1, -0.05) is 20.8 Å². The third kappa shape index (κ3) is 3.96. The zero-order chi connectivity index (χ0) is 21.3. The molecule has 0 aliphatic carbocycles. The molecule has 3 aromatic rings. The van der Waals surface area contributed by atoms with Crippen LogP contribution in [0.2, 0.25) is 0 Å². The van der Waals surface area contributed by atoms with Gasteiger partial charge in [-0.25, -0.2) is 4.98 Å². The minimum absolute atomic E-state index is 0.0711. The summed E-state index contributed by atoms with van der Waals surface area (Å²) in [6.45, 7) is 10.1. The number of aromatic nitrogens is 4. The van der Waals surface area contributed by atoms with Gasteiger partial charge in [0.05, 0.1) is 11.0 Å². The Morgan fingerprint density at radius 3 is 2.53 bits per heavy atom. The lowest BCUT2D eigenvalue weighted by Crippen LogP contribution is -2.35. The average molecular weight is 412 g/mol. The van der Waals surface area contributed by atoms with Crippen LogP contribution in [0.15, 0.2) is 12.1 Å². The number of carbonyl (C=O) groups excluding carboxylic acids is 1. The number of anilines is 1. The number of unbranched alkanes of at least 4 members (excludes halogenated alkanes) is 1. The minimum atomic E-state index is -0.363. The van der Waals surface area contributed by atoms with Gasteiger partial charge in [-0.05, 0) is 19.8 Å². The van der Waals surface area contributed by atoms with Gasteiger partial charge in [0.25, 0.3) is 0 Å². The number of carbonyl (C=O) groups is 1. The molecule has 0 unspecified atom stereocenters. The molecule has 0 fully saturated rings. The molecule has 1 aliphatic heterocycles. The molecule has 0 radical (unpaired) electrons. The van der Waals surface area contributed by atoms with E-state index >= 15 is 0 Å². The maximum Gasteiger partial charge on any atom is 0.225 e. The highest BCUT2D eigenvalue weighted by Crippen LogP contribution is 2.35. The van der Waals surface area contributed by atoms with Crippen molar-refractivity contribution >= 4 is 28.4 Å². The van der Waals surface area contributed by atoms with Crippen LogP contribution >= 0.6 is 0 Å². The smallest absolute Gasteiger partial charge is 0.225 e. The highest BCUT2D eigenvalue weighted by Gasteiger charge is 2.20. The summed E-state index contributed by atoms with van der Waals surface area (Å²) >= 11 is 0. The van der Waals surface area contributed by atoms with Gasteiger partial charge in [0.1, 0.15) is 19.0 Å². The Balaban J connectivity index is 1.48. The summed E-state index contributed by atoms with van der Waals surface area (Å²) in [7, 11) is 0. The van der Waals surface area contributed by atoms with Crippen molar-refractivity contribution in [2.75, 3.05) is 31.6 Å². The number of hydrogen-bond acceptors (Lipinski definition) is 7. The number of rotatable bonds is 6. The van der Waals surface area contributed by atoms with Crippen molar-refractivity contribution in [3.8, 4) is 11.5 Å². The summed E-state index contributed by atoms with van der Waals surface area (Å²) in [6.07, 6.45) is 1.77. The van der Waals surface area contributed by atoms with Crippen LogP contribution < -0.4 is 20.1 Å². The molecule has 160 valence electrons. The quantitative estimate of drug-likeness (QED) is 0.600. The summed E-state index contributed by atoms with van der Waals surface area (Å²) in [5.41, 5.74) is 1.98. The predicted molar refractivity (Wildman–Crippen MR) is 114 cm³/mol. The maximum atomic E-state index is 11.9. The van der Waals surface area contributed by atoms with Gasteiger partial charge in [-0.2, -0.15) is 0 Å². The van der Waals surface area contributed by atoms with Crippen molar-refractivity contribution in [2.45, 2.75) is 40.5 Å². The van der Waals surface area contributed by atoms with Crippen LogP contribution in [0.4, 0.5) is 5.82 Å². The van der Waals surface area contributed by atoms with Crippen molar-refractivity contribution in [1.82, 2.24) is 24.9 Å². The molecule has 0 saturated heterocycles. The fraction of sp³-hybridized carbons (Fsp3) is 0.524. The summed E-state index contributed by atoms with van der Waals surface area (Å²) in [6, 6.07) is 3.83. The molecule has 1 aliphatic rings. The standard InChI is InChI=1S/C21H28N6O3/c1-13-25-26-19-18(22-7-5-6-8-23-20(28)21(2,3)4)24-14-11-16-17(30-10-9-29-16)12-15(14)27(13)19/h11-12H,5-10H2,1-4H3,(H,22,24)(H,23,28). The SMILES string of the molecule is Cc1nnc2c(NCCCCNC(=O)C(C)(C)C)nc3cc4c(cc3n12)OCCO4. The molecule has 3 heterocycles. The maximum absolute atomic E-state index is 11.9. The number of ether oxygens (including phenoxy) is 2. The van der Waals surface area contributed by atoms with Crippen LogP contribution in [0.25, 0.3) is 16.7 Å². The number of fused-ring (bicyclic) bond motifs is 4. The van der Waals surface area contributed by atoms with Crippen molar-refractivity contribution in [3.05, 3.63) is 18.0 Å². The molecule has 0 saturated carbocycles. The van der Waals surface area contributed by atoms with E-state index in [1.54, 1.807) is 0 Å². The molecule has 0 atom stereocenters. The highest BCUT2D eigenvalue weighted by molar-refractivity contribution is 5.86. The molecule has 0 bridgehead atoms. The third-order valence-corrected chi connectivity index (χ3v) is 5.01. The van der Waals surface area contributed by atoms with Gasteiger partial charge in [-0.3, -0.25) is 9.20 Å².